The lowest BCUT2D eigenvalue weighted by Crippen LogP contribution is -2.49. The van der Waals surface area contributed by atoms with Crippen molar-refractivity contribution in [2.45, 2.75) is 19.8 Å². The minimum absolute atomic E-state index is 0.153. The zero-order valence-corrected chi connectivity index (χ0v) is 16.6. The molecule has 8 nitrogen and oxygen atoms in total. The van der Waals surface area contributed by atoms with E-state index in [2.05, 4.69) is 21.8 Å². The number of allylic oxidation sites excluding steroid dienone is 1. The van der Waals surface area contributed by atoms with Gasteiger partial charge in [-0.3, -0.25) is 4.79 Å². The Hall–Kier alpha value is -3.03. The quantitative estimate of drug-likeness (QED) is 0.762. The van der Waals surface area contributed by atoms with Crippen LogP contribution in [0.25, 0.3) is 10.9 Å². The van der Waals surface area contributed by atoms with Crippen LogP contribution in [0.2, 0.25) is 0 Å². The maximum atomic E-state index is 12.3. The summed E-state index contributed by atoms with van der Waals surface area (Å²) in [7, 11) is 3.16. The third-order valence-electron chi connectivity index (χ3n) is 4.83. The van der Waals surface area contributed by atoms with Crippen LogP contribution in [0, 0.1) is 0 Å². The first-order valence-electron chi connectivity index (χ1n) is 9.44. The molecule has 0 aliphatic carbocycles. The van der Waals surface area contributed by atoms with Crippen molar-refractivity contribution in [2.24, 2.45) is 0 Å². The number of nitrogens with zero attached hydrogens (tertiary/aromatic N) is 4. The molecule has 1 aliphatic heterocycles. The van der Waals surface area contributed by atoms with Gasteiger partial charge in [-0.2, -0.15) is 4.98 Å². The number of carbonyl (C=O) groups is 1. The van der Waals surface area contributed by atoms with Crippen LogP contribution in [0.1, 0.15) is 19.8 Å². The van der Waals surface area contributed by atoms with Gasteiger partial charge in [0.05, 0.1) is 19.7 Å². The molecule has 0 saturated carbocycles. The number of amides is 1. The Bertz CT molecular complexity index is 876. The van der Waals surface area contributed by atoms with Gasteiger partial charge in [0, 0.05) is 44.1 Å². The monoisotopic (exact) mass is 385 g/mol. The van der Waals surface area contributed by atoms with Crippen molar-refractivity contribution in [1.82, 2.24) is 14.9 Å². The van der Waals surface area contributed by atoms with E-state index in [1.165, 1.54) is 0 Å². The highest BCUT2D eigenvalue weighted by molar-refractivity contribution is 5.91. The Kier molecular flexibility index (Phi) is 6.18. The molecule has 28 heavy (non-hydrogen) atoms. The third kappa shape index (κ3) is 4.11. The van der Waals surface area contributed by atoms with Crippen molar-refractivity contribution in [3.05, 3.63) is 24.3 Å². The molecule has 1 aromatic heterocycles. The van der Waals surface area contributed by atoms with E-state index in [1.54, 1.807) is 26.4 Å². The van der Waals surface area contributed by atoms with Crippen molar-refractivity contribution in [3.8, 4) is 11.5 Å². The van der Waals surface area contributed by atoms with Crippen molar-refractivity contribution < 1.29 is 14.3 Å². The van der Waals surface area contributed by atoms with E-state index >= 15 is 0 Å². The molecule has 2 aromatic rings. The summed E-state index contributed by atoms with van der Waals surface area (Å²) < 4.78 is 10.7. The number of fused-ring (bicyclic) bond motifs is 1. The Labute approximate surface area is 164 Å². The molecule has 1 aliphatic rings. The predicted molar refractivity (Wildman–Crippen MR) is 110 cm³/mol. The number of anilines is 2. The van der Waals surface area contributed by atoms with Gasteiger partial charge >= 0.3 is 0 Å². The molecule has 1 fully saturated rings. The van der Waals surface area contributed by atoms with Crippen LogP contribution in [0.3, 0.4) is 0 Å². The standard InChI is InChI=1S/C20H27N5O3/c1-4-5-6-7-18(26)24-8-10-25(11-9-24)20-22-15-13-17(28-3)16(27-2)12-14(15)19(21)23-20/h5-6,12-13H,4,7-11H2,1-3H3,(H2,21,22,23). The molecule has 3 rings (SSSR count). The van der Waals surface area contributed by atoms with Crippen molar-refractivity contribution >= 4 is 28.6 Å². The molecule has 0 spiro atoms. The van der Waals surface area contributed by atoms with Crippen molar-refractivity contribution in [3.63, 3.8) is 0 Å². The highest BCUT2D eigenvalue weighted by Crippen LogP contribution is 2.34. The second-order valence-corrected chi connectivity index (χ2v) is 6.58. The van der Waals surface area contributed by atoms with Gasteiger partial charge in [0.25, 0.3) is 0 Å². The molecule has 0 unspecified atom stereocenters. The fourth-order valence-electron chi connectivity index (χ4n) is 3.24. The maximum Gasteiger partial charge on any atom is 0.228 e. The van der Waals surface area contributed by atoms with Gasteiger partial charge in [0.2, 0.25) is 11.9 Å². The highest BCUT2D eigenvalue weighted by atomic mass is 16.5. The first-order chi connectivity index (χ1) is 13.6. The lowest BCUT2D eigenvalue weighted by atomic mass is 10.2. The van der Waals surface area contributed by atoms with Crippen LogP contribution in [-0.4, -0.2) is 61.2 Å². The number of benzene rings is 1. The Morgan fingerprint density at radius 2 is 1.79 bits per heavy atom. The summed E-state index contributed by atoms with van der Waals surface area (Å²) in [6.07, 6.45) is 5.35. The van der Waals surface area contributed by atoms with E-state index in [0.29, 0.717) is 61.4 Å². The average molecular weight is 385 g/mol. The van der Waals surface area contributed by atoms with Crippen LogP contribution in [-0.2, 0) is 4.79 Å². The number of hydrogen-bond acceptors (Lipinski definition) is 7. The number of hydrogen-bond donors (Lipinski definition) is 1. The SMILES string of the molecule is CCC=CCC(=O)N1CCN(c2nc(N)c3cc(OC)c(OC)cc3n2)CC1. The molecule has 1 amide bonds. The van der Waals surface area contributed by atoms with E-state index in [9.17, 15) is 4.79 Å². The molecule has 8 heteroatoms. The van der Waals surface area contributed by atoms with E-state index < -0.39 is 0 Å². The fraction of sp³-hybridized carbons (Fsp3) is 0.450. The second-order valence-electron chi connectivity index (χ2n) is 6.58. The molecule has 0 radical (unpaired) electrons. The molecular formula is C20H27N5O3. The summed E-state index contributed by atoms with van der Waals surface area (Å²) in [5.74, 6) is 2.29. The van der Waals surface area contributed by atoms with Crippen molar-refractivity contribution in [1.29, 1.82) is 0 Å². The molecule has 1 aromatic carbocycles. The number of nitrogen functional groups attached to an aromatic ring is 1. The Morgan fingerprint density at radius 3 is 2.43 bits per heavy atom. The average Bonchev–Trinajstić information content (AvgIpc) is 2.73. The van der Waals surface area contributed by atoms with Crippen LogP contribution < -0.4 is 20.1 Å². The van der Waals surface area contributed by atoms with Gasteiger partial charge in [-0.05, 0) is 12.5 Å². The highest BCUT2D eigenvalue weighted by Gasteiger charge is 2.23. The molecule has 150 valence electrons. The zero-order valence-electron chi connectivity index (χ0n) is 16.6. The number of piperazine rings is 1. The molecule has 0 bridgehead atoms. The molecule has 1 saturated heterocycles. The summed E-state index contributed by atoms with van der Waals surface area (Å²) in [5, 5.41) is 0.720. The van der Waals surface area contributed by atoms with Crippen LogP contribution in [0.15, 0.2) is 24.3 Å². The van der Waals surface area contributed by atoms with Gasteiger partial charge in [-0.15, -0.1) is 0 Å². The normalized spacial score (nSPS) is 14.7. The summed E-state index contributed by atoms with van der Waals surface area (Å²) in [4.78, 5) is 25.3. The number of ether oxygens (including phenoxy) is 2. The Balaban J connectivity index is 1.76. The summed E-state index contributed by atoms with van der Waals surface area (Å²) in [6.45, 7) is 4.68. The largest absolute Gasteiger partial charge is 0.493 e. The number of nitrogens with two attached hydrogens (primary N) is 1. The molecular weight excluding hydrogens is 358 g/mol. The lowest BCUT2D eigenvalue weighted by Gasteiger charge is -2.34. The molecule has 2 N–H and O–H groups in total. The number of methoxy groups -OCH3 is 2. The predicted octanol–water partition coefficient (Wildman–Crippen LogP) is 2.23. The maximum absolute atomic E-state index is 12.3. The van der Waals surface area contributed by atoms with Gasteiger partial charge in [0.1, 0.15) is 5.82 Å². The van der Waals surface area contributed by atoms with Gasteiger partial charge in [0.15, 0.2) is 11.5 Å². The van der Waals surface area contributed by atoms with E-state index in [-0.39, 0.29) is 5.91 Å². The Morgan fingerprint density at radius 1 is 1.11 bits per heavy atom. The van der Waals surface area contributed by atoms with Crippen LogP contribution >= 0.6 is 0 Å². The van der Waals surface area contributed by atoms with Crippen molar-refractivity contribution in [2.75, 3.05) is 51.0 Å². The zero-order chi connectivity index (χ0) is 20.1. The van der Waals surface area contributed by atoms with E-state index in [1.807, 2.05) is 17.1 Å². The lowest BCUT2D eigenvalue weighted by molar-refractivity contribution is -0.130. The van der Waals surface area contributed by atoms with Gasteiger partial charge in [-0.25, -0.2) is 4.98 Å². The molecule has 2 heterocycles. The second kappa shape index (κ2) is 8.77. The third-order valence-corrected chi connectivity index (χ3v) is 4.83. The number of carbonyl (C=O) groups excluding carboxylic acids is 1. The minimum atomic E-state index is 0.153. The number of aromatic nitrogens is 2. The van der Waals surface area contributed by atoms with Gasteiger partial charge in [-0.1, -0.05) is 19.1 Å². The first-order valence-corrected chi connectivity index (χ1v) is 9.44. The topological polar surface area (TPSA) is 93.8 Å². The first kappa shape index (κ1) is 19.7. The number of rotatable bonds is 6. The van der Waals surface area contributed by atoms with Crippen LogP contribution in [0.4, 0.5) is 11.8 Å². The fourth-order valence-corrected chi connectivity index (χ4v) is 3.24. The molecule has 0 atom stereocenters. The van der Waals surface area contributed by atoms with Gasteiger partial charge < -0.3 is 25.0 Å². The summed E-state index contributed by atoms with van der Waals surface area (Å²) in [6, 6.07) is 3.59. The van der Waals surface area contributed by atoms with E-state index in [0.717, 1.165) is 11.8 Å². The van der Waals surface area contributed by atoms with E-state index in [4.69, 9.17) is 15.2 Å². The summed E-state index contributed by atoms with van der Waals surface area (Å²) >= 11 is 0. The smallest absolute Gasteiger partial charge is 0.228 e. The minimum Gasteiger partial charge on any atom is -0.493 e. The summed E-state index contributed by atoms with van der Waals surface area (Å²) in [5.41, 5.74) is 6.87. The van der Waals surface area contributed by atoms with Crippen LogP contribution in [0.5, 0.6) is 11.5 Å².